The van der Waals surface area contributed by atoms with E-state index in [0.29, 0.717) is 54.1 Å². The number of amides is 3. The van der Waals surface area contributed by atoms with E-state index in [2.05, 4.69) is 13.1 Å². The number of ether oxygens (including phenoxy) is 2. The zero-order valence-electron chi connectivity index (χ0n) is 36.3. The van der Waals surface area contributed by atoms with Crippen molar-refractivity contribution in [3.8, 4) is 5.75 Å². The van der Waals surface area contributed by atoms with Gasteiger partial charge in [0.05, 0.1) is 68.9 Å². The Hall–Kier alpha value is -6.48. The first-order valence-corrected chi connectivity index (χ1v) is 24.9. The Bertz CT molecular complexity index is 2670. The molecule has 1 fully saturated rings. The van der Waals surface area contributed by atoms with Crippen molar-refractivity contribution in [2.45, 2.75) is 82.1 Å². The molecule has 4 aliphatic heterocycles. The number of nitrogens with zero attached hydrogens (tertiary/aromatic N) is 5. The second-order valence-electron chi connectivity index (χ2n) is 17.8. The van der Waals surface area contributed by atoms with Crippen molar-refractivity contribution >= 4 is 53.8 Å². The quantitative estimate of drug-likeness (QED) is 0.0828. The third-order valence-electron chi connectivity index (χ3n) is 13.9. The zero-order chi connectivity index (χ0) is 44.9. The Balaban J connectivity index is 1.10. The summed E-state index contributed by atoms with van der Waals surface area (Å²) in [6.07, 6.45) is 0.502. The molecule has 328 valence electrons. The van der Waals surface area contributed by atoms with E-state index in [1.165, 1.54) is 17.1 Å². The Labute approximate surface area is 373 Å². The number of carbonyl (C=O) groups excluding carboxylic acids is 3. The molecule has 5 aromatic carbocycles. The van der Waals surface area contributed by atoms with E-state index in [1.807, 2.05) is 110 Å². The van der Waals surface area contributed by atoms with Crippen molar-refractivity contribution in [3.05, 3.63) is 159 Å². The highest BCUT2D eigenvalue weighted by atomic mass is 28.3. The maximum Gasteiger partial charge on any atom is 0.269 e. The minimum atomic E-state index is -2.70. The lowest BCUT2D eigenvalue weighted by Gasteiger charge is -2.39. The number of hydrogen-bond acceptors (Lipinski definition) is 9. The van der Waals surface area contributed by atoms with Gasteiger partial charge in [0, 0.05) is 43.0 Å². The number of benzene rings is 5. The minimum Gasteiger partial charge on any atom is -0.497 e. The van der Waals surface area contributed by atoms with Crippen LogP contribution in [-0.2, 0) is 44.2 Å². The van der Waals surface area contributed by atoms with Gasteiger partial charge in [0.1, 0.15) is 5.75 Å². The maximum absolute atomic E-state index is 15.6. The van der Waals surface area contributed by atoms with Crippen LogP contribution < -0.4 is 19.8 Å². The highest BCUT2D eigenvalue weighted by Crippen LogP contribution is 2.60. The molecule has 0 bridgehead atoms. The van der Waals surface area contributed by atoms with E-state index >= 15 is 4.79 Å². The average molecular weight is 878 g/mol. The van der Waals surface area contributed by atoms with Crippen molar-refractivity contribution in [1.82, 2.24) is 4.90 Å². The number of non-ortho nitro benzene ring substituents is 1. The highest BCUT2D eigenvalue weighted by Gasteiger charge is 2.67. The first-order valence-electron chi connectivity index (χ1n) is 21.8. The fourth-order valence-corrected chi connectivity index (χ4v) is 14.7. The Kier molecular flexibility index (Phi) is 11.3. The van der Waals surface area contributed by atoms with E-state index in [0.717, 1.165) is 27.6 Å². The summed E-state index contributed by atoms with van der Waals surface area (Å²) in [4.78, 5) is 58.9. The molecule has 1 saturated heterocycles. The van der Waals surface area contributed by atoms with Gasteiger partial charge in [0.25, 0.3) is 11.6 Å². The molecular weight excluding hydrogens is 827 g/mol. The summed E-state index contributed by atoms with van der Waals surface area (Å²) in [5, 5.41) is 30.2. The van der Waals surface area contributed by atoms with Crippen molar-refractivity contribution in [3.63, 3.8) is 0 Å². The van der Waals surface area contributed by atoms with E-state index in [-0.39, 0.29) is 48.5 Å². The van der Waals surface area contributed by atoms with Crippen LogP contribution in [0.15, 0.2) is 126 Å². The topological polar surface area (TPSA) is 155 Å². The molecule has 5 aromatic rings. The second-order valence-corrected chi connectivity index (χ2v) is 22.5. The molecule has 4 heterocycles. The molecule has 0 saturated carbocycles. The van der Waals surface area contributed by atoms with Gasteiger partial charge in [-0.15, -0.1) is 0 Å². The van der Waals surface area contributed by atoms with Crippen LogP contribution in [-0.4, -0.2) is 72.3 Å². The second kappa shape index (κ2) is 16.9. The zero-order valence-corrected chi connectivity index (χ0v) is 37.3. The van der Waals surface area contributed by atoms with Crippen LogP contribution in [0, 0.1) is 16.0 Å². The molecule has 0 unspecified atom stereocenters. The van der Waals surface area contributed by atoms with Crippen molar-refractivity contribution in [1.29, 1.82) is 0 Å². The van der Waals surface area contributed by atoms with Gasteiger partial charge in [-0.25, -0.2) is 5.01 Å². The average Bonchev–Trinajstić information content (AvgIpc) is 3.74. The van der Waals surface area contributed by atoms with E-state index in [4.69, 9.17) is 14.6 Å². The predicted octanol–water partition coefficient (Wildman–Crippen LogP) is 7.23. The fraction of sp³-hybridized carbons (Fsp3) is 0.320. The molecule has 0 aromatic heterocycles. The molecule has 1 N–H and O–H groups in total. The summed E-state index contributed by atoms with van der Waals surface area (Å²) in [5.74, 6) is -0.554. The van der Waals surface area contributed by atoms with Crippen LogP contribution >= 0.6 is 0 Å². The molecule has 3 amide bonds. The minimum absolute atomic E-state index is 0.0586. The normalized spacial score (nSPS) is 23.0. The molecule has 13 nitrogen and oxygen atoms in total. The third kappa shape index (κ3) is 7.38. The predicted molar refractivity (Wildman–Crippen MR) is 246 cm³/mol. The first kappa shape index (κ1) is 42.8. The Morgan fingerprint density at radius 2 is 1.67 bits per heavy atom. The Morgan fingerprint density at radius 1 is 0.938 bits per heavy atom. The molecule has 9 rings (SSSR count). The lowest BCUT2D eigenvalue weighted by molar-refractivity contribution is -0.385. The lowest BCUT2D eigenvalue weighted by atomic mass is 9.82. The SMILES string of the molecule is COc1ccc([Si](C)(C)[C@H]2[C@H](CC(=O)N3Cc4ccccc4C[C@H]3CO)O[C@@]3(C(=O)N(Cc4cccc(N5N=C(c6ccccc6)CCC5=O)c4)c4ccc([N+](=O)[O-])cc43)[C@@H]2C)cc1. The van der Waals surface area contributed by atoms with Crippen LogP contribution in [0.25, 0.3) is 0 Å². The number of hydrogen-bond donors (Lipinski definition) is 1. The van der Waals surface area contributed by atoms with Crippen molar-refractivity contribution in [2.75, 3.05) is 23.6 Å². The van der Waals surface area contributed by atoms with E-state index in [9.17, 15) is 24.8 Å². The van der Waals surface area contributed by atoms with E-state index < -0.39 is 36.7 Å². The number of anilines is 2. The number of methoxy groups -OCH3 is 1. The largest absolute Gasteiger partial charge is 0.497 e. The third-order valence-corrected chi connectivity index (χ3v) is 18.3. The van der Waals surface area contributed by atoms with Gasteiger partial charge in [-0.2, -0.15) is 5.10 Å². The lowest BCUT2D eigenvalue weighted by Crippen LogP contribution is -2.52. The van der Waals surface area contributed by atoms with Crippen molar-refractivity contribution in [2.24, 2.45) is 11.0 Å². The van der Waals surface area contributed by atoms with Gasteiger partial charge >= 0.3 is 0 Å². The van der Waals surface area contributed by atoms with Gasteiger partial charge in [-0.05, 0) is 64.5 Å². The number of fused-ring (bicyclic) bond motifs is 3. The molecule has 5 atom stereocenters. The number of carbonyl (C=O) groups is 3. The molecule has 64 heavy (non-hydrogen) atoms. The first-order chi connectivity index (χ1) is 30.8. The van der Waals surface area contributed by atoms with Gasteiger partial charge < -0.3 is 24.4 Å². The molecule has 0 aliphatic carbocycles. The van der Waals surface area contributed by atoms with Gasteiger partial charge in [0.15, 0.2) is 5.60 Å². The highest BCUT2D eigenvalue weighted by molar-refractivity contribution is 6.91. The fourth-order valence-electron chi connectivity index (χ4n) is 10.7. The Morgan fingerprint density at radius 3 is 2.39 bits per heavy atom. The van der Waals surface area contributed by atoms with Crippen LogP contribution in [0.4, 0.5) is 17.1 Å². The molecule has 4 aliphatic rings. The monoisotopic (exact) mass is 877 g/mol. The van der Waals surface area contributed by atoms with Gasteiger partial charge in [-0.3, -0.25) is 24.5 Å². The van der Waals surface area contributed by atoms with Gasteiger partial charge in [-0.1, -0.05) is 104 Å². The van der Waals surface area contributed by atoms with Gasteiger partial charge in [0.2, 0.25) is 11.8 Å². The summed E-state index contributed by atoms with van der Waals surface area (Å²) in [7, 11) is -1.09. The molecule has 0 radical (unpaired) electrons. The summed E-state index contributed by atoms with van der Waals surface area (Å²) >= 11 is 0. The number of aliphatic hydroxyl groups is 1. The molecule has 14 heteroatoms. The number of hydrazone groups is 1. The van der Waals surface area contributed by atoms with Crippen LogP contribution in [0.2, 0.25) is 18.6 Å². The summed E-state index contributed by atoms with van der Waals surface area (Å²) in [6.45, 7) is 6.61. The molecule has 1 spiro atoms. The van der Waals surface area contributed by atoms with Crippen molar-refractivity contribution < 1.29 is 33.9 Å². The molecular formula is C50H51N5O8Si. The van der Waals surface area contributed by atoms with Crippen LogP contribution in [0.1, 0.15) is 54.0 Å². The summed E-state index contributed by atoms with van der Waals surface area (Å²) in [5.41, 5.74) is 3.80. The number of aliphatic hydroxyl groups excluding tert-OH is 1. The smallest absolute Gasteiger partial charge is 0.269 e. The number of nitro benzene ring substituents is 1. The maximum atomic E-state index is 15.6. The number of nitro groups is 1. The summed E-state index contributed by atoms with van der Waals surface area (Å²) in [6, 6.07) is 37.0. The standard InChI is InChI=1S/C50H51N5O8Si/c1-32-48(64(3,4)41-20-18-40(62-2)19-21-41)45(28-47(58)52-30-36-15-9-8-14-35(36)26-39(52)31-56)63-50(32)42-27-38(55(60)61)17-23-44(42)53(49(50)59)29-33-11-10-16-37(25-33)54-46(57)24-22-43(51-54)34-12-6-5-7-13-34/h5-21,23,25,27,32,39,45,48,56H,22,24,26,28-31H2,1-4H3/t32-,39+,45+,48-,50+/m1/s1. The summed E-state index contributed by atoms with van der Waals surface area (Å²) < 4.78 is 12.7. The number of rotatable bonds is 11. The van der Waals surface area contributed by atoms with Crippen LogP contribution in [0.5, 0.6) is 5.75 Å². The van der Waals surface area contributed by atoms with Crippen LogP contribution in [0.3, 0.4) is 0 Å². The van der Waals surface area contributed by atoms with E-state index in [1.54, 1.807) is 23.0 Å².